The third kappa shape index (κ3) is 6.16. The molecule has 0 aromatic heterocycles. The van der Waals surface area contributed by atoms with Gasteiger partial charge in [-0.25, -0.2) is 0 Å². The summed E-state index contributed by atoms with van der Waals surface area (Å²) in [6, 6.07) is 0. The van der Waals surface area contributed by atoms with Crippen molar-refractivity contribution in [2.45, 2.75) is 45.8 Å². The van der Waals surface area contributed by atoms with Gasteiger partial charge in [-0.15, -0.1) is 11.8 Å². The molecule has 0 aromatic carbocycles. The first-order valence-corrected chi connectivity index (χ1v) is 6.31. The van der Waals surface area contributed by atoms with Crippen LogP contribution in [-0.2, 0) is 14.3 Å². The van der Waals surface area contributed by atoms with E-state index >= 15 is 0 Å². The summed E-state index contributed by atoms with van der Waals surface area (Å²) >= 11 is 1.60. The van der Waals surface area contributed by atoms with Crippen LogP contribution in [0.4, 0.5) is 0 Å². The van der Waals surface area contributed by atoms with E-state index < -0.39 is 5.41 Å². The second kappa shape index (κ2) is 5.71. The summed E-state index contributed by atoms with van der Waals surface area (Å²) in [6.45, 7) is 9.67. The molecule has 0 spiro atoms. The standard InChI is InChI=1S/C12H22O3S/c1-11(2,3)16-8-9(13)7-12(4,5)10(14)15-6/h7-8H2,1-6H3. The Labute approximate surface area is 102 Å². The predicted molar refractivity (Wildman–Crippen MR) is 67.6 cm³/mol. The predicted octanol–water partition coefficient (Wildman–Crippen LogP) is 2.68. The molecule has 0 aliphatic heterocycles. The SMILES string of the molecule is COC(=O)C(C)(C)CC(=O)CSC(C)(C)C. The van der Waals surface area contributed by atoms with Gasteiger partial charge in [-0.1, -0.05) is 20.8 Å². The van der Waals surface area contributed by atoms with Gasteiger partial charge in [-0.05, 0) is 13.8 Å². The molecule has 0 aliphatic carbocycles. The lowest BCUT2D eigenvalue weighted by Crippen LogP contribution is -2.29. The van der Waals surface area contributed by atoms with Crippen molar-refractivity contribution in [3.63, 3.8) is 0 Å². The minimum Gasteiger partial charge on any atom is -0.469 e. The van der Waals surface area contributed by atoms with Crippen molar-refractivity contribution < 1.29 is 14.3 Å². The van der Waals surface area contributed by atoms with E-state index in [1.165, 1.54) is 7.11 Å². The quantitative estimate of drug-likeness (QED) is 0.700. The third-order valence-electron chi connectivity index (χ3n) is 2.04. The molecule has 0 heterocycles. The van der Waals surface area contributed by atoms with Crippen molar-refractivity contribution in [2.75, 3.05) is 12.9 Å². The Morgan fingerprint density at radius 2 is 1.62 bits per heavy atom. The van der Waals surface area contributed by atoms with E-state index in [-0.39, 0.29) is 22.9 Å². The van der Waals surface area contributed by atoms with Gasteiger partial charge in [0.2, 0.25) is 0 Å². The van der Waals surface area contributed by atoms with Crippen LogP contribution >= 0.6 is 11.8 Å². The minimum absolute atomic E-state index is 0.0745. The molecule has 0 rings (SSSR count). The van der Waals surface area contributed by atoms with Crippen LogP contribution in [0.3, 0.4) is 0 Å². The topological polar surface area (TPSA) is 43.4 Å². The number of Topliss-reactive ketones (excluding diaryl/α,β-unsaturated/α-hetero) is 1. The van der Waals surface area contributed by atoms with Crippen molar-refractivity contribution in [3.8, 4) is 0 Å². The molecule has 0 amide bonds. The summed E-state index contributed by atoms with van der Waals surface area (Å²) in [5.41, 5.74) is -0.718. The number of hydrogen-bond donors (Lipinski definition) is 0. The summed E-state index contributed by atoms with van der Waals surface area (Å²) in [5.74, 6) is 0.209. The van der Waals surface area contributed by atoms with Gasteiger partial charge >= 0.3 is 5.97 Å². The molecule has 0 unspecified atom stereocenters. The van der Waals surface area contributed by atoms with Gasteiger partial charge in [0.25, 0.3) is 0 Å². The van der Waals surface area contributed by atoms with E-state index in [2.05, 4.69) is 25.5 Å². The van der Waals surface area contributed by atoms with Crippen LogP contribution in [0.5, 0.6) is 0 Å². The van der Waals surface area contributed by atoms with Gasteiger partial charge in [-0.3, -0.25) is 9.59 Å². The average Bonchev–Trinajstić information content (AvgIpc) is 2.11. The van der Waals surface area contributed by atoms with Gasteiger partial charge < -0.3 is 4.74 Å². The molecule has 0 saturated heterocycles. The zero-order valence-corrected chi connectivity index (χ0v) is 11.9. The van der Waals surface area contributed by atoms with Crippen molar-refractivity contribution >= 4 is 23.5 Å². The zero-order chi connectivity index (χ0) is 13.0. The third-order valence-corrected chi connectivity index (χ3v) is 3.38. The monoisotopic (exact) mass is 246 g/mol. The molecule has 16 heavy (non-hydrogen) atoms. The first-order chi connectivity index (χ1) is 7.08. The van der Waals surface area contributed by atoms with Crippen LogP contribution < -0.4 is 0 Å². The van der Waals surface area contributed by atoms with Crippen LogP contribution in [0.2, 0.25) is 0 Å². The number of ether oxygens (including phenoxy) is 1. The average molecular weight is 246 g/mol. The largest absolute Gasteiger partial charge is 0.469 e. The Morgan fingerprint density at radius 3 is 2.00 bits per heavy atom. The van der Waals surface area contributed by atoms with E-state index in [4.69, 9.17) is 0 Å². The highest BCUT2D eigenvalue weighted by Gasteiger charge is 2.31. The zero-order valence-electron chi connectivity index (χ0n) is 11.0. The van der Waals surface area contributed by atoms with Crippen LogP contribution in [0, 0.1) is 5.41 Å². The molecule has 0 bridgehead atoms. The highest BCUT2D eigenvalue weighted by molar-refractivity contribution is 8.01. The number of esters is 1. The summed E-state index contributed by atoms with van der Waals surface area (Å²) in [4.78, 5) is 23.1. The Kier molecular flexibility index (Phi) is 5.53. The number of ketones is 1. The van der Waals surface area contributed by atoms with E-state index in [9.17, 15) is 9.59 Å². The number of rotatable bonds is 5. The molecule has 3 nitrogen and oxygen atoms in total. The fraction of sp³-hybridized carbons (Fsp3) is 0.833. The van der Waals surface area contributed by atoms with Gasteiger partial charge in [0.1, 0.15) is 5.78 Å². The first kappa shape index (κ1) is 15.5. The number of carbonyl (C=O) groups is 2. The first-order valence-electron chi connectivity index (χ1n) is 5.32. The maximum absolute atomic E-state index is 11.7. The fourth-order valence-corrected chi connectivity index (χ4v) is 1.89. The highest BCUT2D eigenvalue weighted by atomic mass is 32.2. The number of methoxy groups -OCH3 is 1. The second-order valence-corrected chi connectivity index (χ2v) is 7.29. The van der Waals surface area contributed by atoms with Crippen molar-refractivity contribution in [3.05, 3.63) is 0 Å². The second-order valence-electron chi connectivity index (χ2n) is 5.49. The Bertz CT molecular complexity index is 264. The molecule has 0 saturated carbocycles. The maximum atomic E-state index is 11.7. The Morgan fingerprint density at radius 1 is 1.12 bits per heavy atom. The molecule has 94 valence electrons. The lowest BCUT2D eigenvalue weighted by Gasteiger charge is -2.22. The molecule has 0 aromatic rings. The smallest absolute Gasteiger partial charge is 0.311 e. The van der Waals surface area contributed by atoms with Crippen molar-refractivity contribution in [1.82, 2.24) is 0 Å². The lowest BCUT2D eigenvalue weighted by atomic mass is 9.88. The Balaban J connectivity index is 4.20. The normalized spacial score (nSPS) is 12.4. The molecule has 0 fully saturated rings. The summed E-state index contributed by atoms with van der Waals surface area (Å²) in [7, 11) is 1.35. The van der Waals surface area contributed by atoms with Crippen molar-refractivity contribution in [2.24, 2.45) is 5.41 Å². The van der Waals surface area contributed by atoms with E-state index in [0.29, 0.717) is 5.75 Å². The number of thioether (sulfide) groups is 1. The summed E-state index contributed by atoms with van der Waals surface area (Å²) in [5, 5.41) is 0. The molecule has 0 radical (unpaired) electrons. The maximum Gasteiger partial charge on any atom is 0.311 e. The van der Waals surface area contributed by atoms with Gasteiger partial charge in [0.05, 0.1) is 18.3 Å². The van der Waals surface area contributed by atoms with Crippen LogP contribution in [0.15, 0.2) is 0 Å². The van der Waals surface area contributed by atoms with Crippen LogP contribution in [0.25, 0.3) is 0 Å². The van der Waals surface area contributed by atoms with E-state index in [1.54, 1.807) is 25.6 Å². The molecule has 4 heteroatoms. The molecular weight excluding hydrogens is 224 g/mol. The number of hydrogen-bond acceptors (Lipinski definition) is 4. The van der Waals surface area contributed by atoms with Gasteiger partial charge in [-0.2, -0.15) is 0 Å². The van der Waals surface area contributed by atoms with Crippen LogP contribution in [0.1, 0.15) is 41.0 Å². The van der Waals surface area contributed by atoms with Crippen molar-refractivity contribution in [1.29, 1.82) is 0 Å². The molecule has 0 aliphatic rings. The lowest BCUT2D eigenvalue weighted by molar-refractivity contribution is -0.152. The highest BCUT2D eigenvalue weighted by Crippen LogP contribution is 2.27. The fourth-order valence-electron chi connectivity index (χ4n) is 1.19. The van der Waals surface area contributed by atoms with Gasteiger partial charge in [0.15, 0.2) is 0 Å². The summed E-state index contributed by atoms with van der Waals surface area (Å²) < 4.78 is 4.74. The minimum atomic E-state index is -0.718. The van der Waals surface area contributed by atoms with E-state index in [0.717, 1.165) is 0 Å². The Hall–Kier alpha value is -0.510. The van der Waals surface area contributed by atoms with E-state index in [1.807, 2.05) is 0 Å². The van der Waals surface area contributed by atoms with Gasteiger partial charge in [0, 0.05) is 11.2 Å². The molecular formula is C12H22O3S. The number of carbonyl (C=O) groups excluding carboxylic acids is 2. The molecule has 0 N–H and O–H groups in total. The van der Waals surface area contributed by atoms with Crippen LogP contribution in [-0.4, -0.2) is 29.4 Å². The molecule has 0 atom stereocenters. The summed E-state index contributed by atoms with van der Waals surface area (Å²) in [6.07, 6.45) is 0.239.